The van der Waals surface area contributed by atoms with Crippen molar-refractivity contribution in [1.82, 2.24) is 9.97 Å². The fourth-order valence-corrected chi connectivity index (χ4v) is 11.3. The molecule has 2 heterocycles. The van der Waals surface area contributed by atoms with Crippen molar-refractivity contribution >= 4 is 21.9 Å². The standard InChI is InChI=1S/C65H40N2O/c1-3-17-41(18-4-1)45-35-46(42-19-5-2-6-20-42)37-47(36-45)64-66-60(40-61(67-64)44-31-33-54-53-26-12-16-30-62(53)68-63(54)39-44)43-32-34-59-55(38-43)52-25-11-15-29-58(52)65(59)56-27-13-9-23-50(56)48-21-7-8-22-49(48)51-24-10-14-28-57(51)65/h1-40H. The lowest BCUT2D eigenvalue weighted by atomic mass is 9.66. The average Bonchev–Trinajstić information content (AvgIpc) is 3.90. The van der Waals surface area contributed by atoms with E-state index in [9.17, 15) is 0 Å². The van der Waals surface area contributed by atoms with Crippen LogP contribution in [-0.2, 0) is 5.41 Å². The summed E-state index contributed by atoms with van der Waals surface area (Å²) in [5.41, 5.74) is 22.8. The number of hydrogen-bond donors (Lipinski definition) is 0. The van der Waals surface area contributed by atoms with Crippen LogP contribution in [0, 0.1) is 0 Å². The highest BCUT2D eigenvalue weighted by Crippen LogP contribution is 2.61. The molecule has 0 aliphatic heterocycles. The summed E-state index contributed by atoms with van der Waals surface area (Å²) in [4.78, 5) is 11.0. The molecule has 2 aliphatic rings. The Morgan fingerprint density at radius 3 is 1.31 bits per heavy atom. The molecule has 3 heteroatoms. The summed E-state index contributed by atoms with van der Waals surface area (Å²) < 4.78 is 6.45. The second-order valence-corrected chi connectivity index (χ2v) is 18.0. The van der Waals surface area contributed by atoms with Gasteiger partial charge in [0.1, 0.15) is 11.2 Å². The molecular weight excluding hydrogens is 825 g/mol. The van der Waals surface area contributed by atoms with Crippen LogP contribution in [0.25, 0.3) is 111 Å². The Morgan fingerprint density at radius 2 is 0.706 bits per heavy atom. The Labute approximate surface area is 394 Å². The van der Waals surface area contributed by atoms with Crippen molar-refractivity contribution < 1.29 is 4.42 Å². The maximum Gasteiger partial charge on any atom is 0.160 e. The second kappa shape index (κ2) is 15.1. The molecule has 0 saturated carbocycles. The van der Waals surface area contributed by atoms with Gasteiger partial charge in [-0.25, -0.2) is 9.97 Å². The van der Waals surface area contributed by atoms with Crippen LogP contribution < -0.4 is 0 Å². The molecule has 0 atom stereocenters. The molecule has 3 nitrogen and oxygen atoms in total. The Morgan fingerprint density at radius 1 is 0.265 bits per heavy atom. The first kappa shape index (κ1) is 38.4. The van der Waals surface area contributed by atoms with Gasteiger partial charge in [0.05, 0.1) is 16.8 Å². The lowest BCUT2D eigenvalue weighted by molar-refractivity contribution is 0.669. The molecule has 12 aromatic rings. The van der Waals surface area contributed by atoms with Crippen LogP contribution >= 0.6 is 0 Å². The average molecular weight is 865 g/mol. The van der Waals surface area contributed by atoms with Crippen molar-refractivity contribution in [3.63, 3.8) is 0 Å². The monoisotopic (exact) mass is 864 g/mol. The van der Waals surface area contributed by atoms with Gasteiger partial charge in [0, 0.05) is 27.5 Å². The van der Waals surface area contributed by atoms with Crippen LogP contribution in [0.2, 0.25) is 0 Å². The first-order valence-corrected chi connectivity index (χ1v) is 23.3. The summed E-state index contributed by atoms with van der Waals surface area (Å²) in [5.74, 6) is 0.652. The normalized spacial score (nSPS) is 12.8. The molecule has 0 fully saturated rings. The number of fused-ring (bicyclic) bond motifs is 15. The molecule has 68 heavy (non-hydrogen) atoms. The molecule has 1 spiro atoms. The molecule has 0 unspecified atom stereocenters. The fraction of sp³-hybridized carbons (Fsp3) is 0.0154. The lowest BCUT2D eigenvalue weighted by Crippen LogP contribution is -2.29. The second-order valence-electron chi connectivity index (χ2n) is 18.0. The molecule has 0 N–H and O–H groups in total. The highest BCUT2D eigenvalue weighted by atomic mass is 16.3. The number of aromatic nitrogens is 2. The van der Waals surface area contributed by atoms with Crippen LogP contribution in [0.3, 0.4) is 0 Å². The van der Waals surface area contributed by atoms with Gasteiger partial charge in [-0.15, -0.1) is 0 Å². The molecule has 2 aliphatic carbocycles. The Balaban J connectivity index is 1.01. The Bertz CT molecular complexity index is 3850. The maximum absolute atomic E-state index is 6.45. The van der Waals surface area contributed by atoms with Crippen molar-refractivity contribution in [2.45, 2.75) is 5.41 Å². The number of benzene rings is 10. The van der Waals surface area contributed by atoms with E-state index < -0.39 is 5.41 Å². The lowest BCUT2D eigenvalue weighted by Gasteiger charge is -2.35. The third-order valence-electron chi connectivity index (χ3n) is 14.3. The largest absolute Gasteiger partial charge is 0.456 e. The van der Waals surface area contributed by atoms with Crippen molar-refractivity contribution in [3.05, 3.63) is 265 Å². The highest BCUT2D eigenvalue weighted by Gasteiger charge is 2.49. The van der Waals surface area contributed by atoms with E-state index >= 15 is 0 Å². The summed E-state index contributed by atoms with van der Waals surface area (Å²) >= 11 is 0. The smallest absolute Gasteiger partial charge is 0.160 e. The van der Waals surface area contributed by atoms with Crippen molar-refractivity contribution in [1.29, 1.82) is 0 Å². The minimum Gasteiger partial charge on any atom is -0.456 e. The maximum atomic E-state index is 6.45. The third kappa shape index (κ3) is 5.79. The molecule has 0 bridgehead atoms. The molecular formula is C65H40N2O. The van der Waals surface area contributed by atoms with Gasteiger partial charge in [-0.05, 0) is 126 Å². The van der Waals surface area contributed by atoms with Crippen molar-refractivity contribution in [2.24, 2.45) is 0 Å². The van der Waals surface area contributed by atoms with E-state index in [1.807, 2.05) is 12.1 Å². The van der Waals surface area contributed by atoms with E-state index in [0.29, 0.717) is 5.82 Å². The summed E-state index contributed by atoms with van der Waals surface area (Å²) in [5, 5.41) is 2.18. The summed E-state index contributed by atoms with van der Waals surface area (Å²) in [6, 6.07) is 87.7. The van der Waals surface area contributed by atoms with Gasteiger partial charge in [-0.2, -0.15) is 0 Å². The number of hydrogen-bond acceptors (Lipinski definition) is 3. The summed E-state index contributed by atoms with van der Waals surface area (Å²) in [6.07, 6.45) is 0. The van der Waals surface area contributed by atoms with E-state index in [2.05, 4.69) is 231 Å². The molecule has 0 amide bonds. The SMILES string of the molecule is c1ccc(-c2cc(-c3ccccc3)cc(-c3nc(-c4ccc5c(c4)-c4ccccc4C54c5ccccc5-c5ccccc5-c5ccccc54)cc(-c4ccc5c(c4)oc4ccccc45)n3)c2)cc1. The molecule has 10 aromatic carbocycles. The van der Waals surface area contributed by atoms with Crippen LogP contribution in [0.4, 0.5) is 0 Å². The van der Waals surface area contributed by atoms with Gasteiger partial charge in [0.25, 0.3) is 0 Å². The Hall–Kier alpha value is -8.92. The minimum absolute atomic E-state index is 0.563. The number of rotatable bonds is 5. The molecule has 0 saturated heterocycles. The fourth-order valence-electron chi connectivity index (χ4n) is 11.3. The number of para-hydroxylation sites is 1. The van der Waals surface area contributed by atoms with E-state index in [1.54, 1.807) is 0 Å². The van der Waals surface area contributed by atoms with Gasteiger partial charge in [-0.1, -0.05) is 194 Å². The third-order valence-corrected chi connectivity index (χ3v) is 14.3. The predicted molar refractivity (Wildman–Crippen MR) is 278 cm³/mol. The molecule has 0 radical (unpaired) electrons. The zero-order valence-electron chi connectivity index (χ0n) is 36.9. The van der Waals surface area contributed by atoms with E-state index in [0.717, 1.165) is 72.3 Å². The Kier molecular flexibility index (Phi) is 8.50. The molecule has 2 aromatic heterocycles. The first-order valence-electron chi connectivity index (χ1n) is 23.3. The quantitative estimate of drug-likeness (QED) is 0.173. The molecule has 316 valence electrons. The summed E-state index contributed by atoms with van der Waals surface area (Å²) in [7, 11) is 0. The van der Waals surface area contributed by atoms with Gasteiger partial charge in [0.2, 0.25) is 0 Å². The van der Waals surface area contributed by atoms with Gasteiger partial charge >= 0.3 is 0 Å². The predicted octanol–water partition coefficient (Wildman–Crippen LogP) is 16.7. The number of nitrogens with zero attached hydrogens (tertiary/aromatic N) is 2. The van der Waals surface area contributed by atoms with Gasteiger partial charge in [-0.3, -0.25) is 0 Å². The van der Waals surface area contributed by atoms with E-state index in [4.69, 9.17) is 14.4 Å². The highest BCUT2D eigenvalue weighted by molar-refractivity contribution is 6.06. The van der Waals surface area contributed by atoms with Crippen LogP contribution in [0.15, 0.2) is 247 Å². The van der Waals surface area contributed by atoms with Gasteiger partial charge < -0.3 is 4.42 Å². The van der Waals surface area contributed by atoms with Crippen LogP contribution in [0.1, 0.15) is 22.3 Å². The van der Waals surface area contributed by atoms with Crippen LogP contribution in [-0.4, -0.2) is 9.97 Å². The zero-order chi connectivity index (χ0) is 44.8. The van der Waals surface area contributed by atoms with Crippen molar-refractivity contribution in [3.8, 4) is 89.5 Å². The zero-order valence-corrected chi connectivity index (χ0v) is 36.9. The topological polar surface area (TPSA) is 38.9 Å². The van der Waals surface area contributed by atoms with Crippen molar-refractivity contribution in [2.75, 3.05) is 0 Å². The first-order chi connectivity index (χ1) is 33.7. The van der Waals surface area contributed by atoms with Crippen LogP contribution in [0.5, 0.6) is 0 Å². The minimum atomic E-state index is -0.563. The summed E-state index contributed by atoms with van der Waals surface area (Å²) in [6.45, 7) is 0. The molecule has 14 rings (SSSR count). The van der Waals surface area contributed by atoms with E-state index in [-0.39, 0.29) is 0 Å². The number of furan rings is 1. The van der Waals surface area contributed by atoms with Gasteiger partial charge in [0.15, 0.2) is 5.82 Å². The van der Waals surface area contributed by atoms with E-state index in [1.165, 1.54) is 55.6 Å².